The second kappa shape index (κ2) is 10.5. The molecule has 0 atom stereocenters. The summed E-state index contributed by atoms with van der Waals surface area (Å²) in [6.07, 6.45) is -0.486. The summed E-state index contributed by atoms with van der Waals surface area (Å²) in [5.74, 6) is 0.998. The van der Waals surface area contributed by atoms with Crippen LogP contribution in [0.5, 0.6) is 0 Å². The average Bonchev–Trinajstić information content (AvgIpc) is 2.81. The van der Waals surface area contributed by atoms with Crippen molar-refractivity contribution in [2.24, 2.45) is 0 Å². The van der Waals surface area contributed by atoms with Crippen LogP contribution >= 0.6 is 11.9 Å². The summed E-state index contributed by atoms with van der Waals surface area (Å²) in [5.41, 5.74) is 1.41. The van der Waals surface area contributed by atoms with Gasteiger partial charge < -0.3 is 14.4 Å². The van der Waals surface area contributed by atoms with Crippen LogP contribution in [0.3, 0.4) is 0 Å². The highest BCUT2D eigenvalue weighted by Gasteiger charge is 2.35. The van der Waals surface area contributed by atoms with E-state index in [9.17, 15) is 18.0 Å². The lowest BCUT2D eigenvalue weighted by molar-refractivity contribution is -0.137. The maximum atomic E-state index is 13.9. The summed E-state index contributed by atoms with van der Waals surface area (Å²) in [7, 11) is 0. The first-order valence-electron chi connectivity index (χ1n) is 11.1. The first kappa shape index (κ1) is 24.1. The van der Waals surface area contributed by atoms with Crippen LogP contribution in [-0.2, 0) is 17.4 Å². The van der Waals surface area contributed by atoms with Crippen LogP contribution in [0.4, 0.5) is 24.8 Å². The van der Waals surface area contributed by atoms with Gasteiger partial charge in [0.15, 0.2) is 0 Å². The van der Waals surface area contributed by atoms with Crippen molar-refractivity contribution in [1.82, 2.24) is 9.97 Å². The predicted octanol–water partition coefficient (Wildman–Crippen LogP) is 6.32. The van der Waals surface area contributed by atoms with Crippen molar-refractivity contribution >= 4 is 29.9 Å². The molecule has 0 saturated carbocycles. The Morgan fingerprint density at radius 3 is 2.74 bits per heavy atom. The Kier molecular flexibility index (Phi) is 7.41. The van der Waals surface area contributed by atoms with E-state index in [1.165, 1.54) is 18.0 Å². The van der Waals surface area contributed by atoms with E-state index in [1.54, 1.807) is 12.1 Å². The first-order valence-corrected chi connectivity index (χ1v) is 11.9. The summed E-state index contributed by atoms with van der Waals surface area (Å²) in [5, 5.41) is 0.625. The summed E-state index contributed by atoms with van der Waals surface area (Å²) in [6.45, 7) is 2.79. The standard InChI is InChI=1S/C25H25F3N4OS/c1-17-9-10-18-6-3-2-4-13-32(14-15-33)22-7-5-8-23(30-22)34-31-21-12-11-20(25(26,27)28)24(29-21)19(18)16-17/h5,7-12,15-16H,2-4,6,13-14H2,1H3,(H,29,31). The molecular weight excluding hydrogens is 461 g/mol. The van der Waals surface area contributed by atoms with E-state index in [0.29, 0.717) is 35.2 Å². The van der Waals surface area contributed by atoms with Crippen LogP contribution in [0.1, 0.15) is 36.0 Å². The van der Waals surface area contributed by atoms with E-state index in [0.717, 1.165) is 42.7 Å². The molecule has 0 unspecified atom stereocenters. The lowest BCUT2D eigenvalue weighted by atomic mass is 9.94. The molecule has 1 aliphatic rings. The largest absolute Gasteiger partial charge is 0.418 e. The van der Waals surface area contributed by atoms with E-state index < -0.39 is 11.7 Å². The fraction of sp³-hybridized carbons (Fsp3) is 0.320. The van der Waals surface area contributed by atoms with Crippen molar-refractivity contribution in [3.63, 3.8) is 0 Å². The molecule has 34 heavy (non-hydrogen) atoms. The van der Waals surface area contributed by atoms with Gasteiger partial charge in [-0.25, -0.2) is 9.97 Å². The Balaban J connectivity index is 1.78. The number of anilines is 2. The van der Waals surface area contributed by atoms with Crippen LogP contribution in [0.25, 0.3) is 11.3 Å². The van der Waals surface area contributed by atoms with Gasteiger partial charge in [0.2, 0.25) is 0 Å². The van der Waals surface area contributed by atoms with E-state index >= 15 is 0 Å². The van der Waals surface area contributed by atoms with Gasteiger partial charge in [-0.15, -0.1) is 0 Å². The molecule has 178 valence electrons. The number of aromatic nitrogens is 2. The third-order valence-electron chi connectivity index (χ3n) is 5.68. The third-order valence-corrected chi connectivity index (χ3v) is 6.43. The van der Waals surface area contributed by atoms with Crippen molar-refractivity contribution < 1.29 is 18.0 Å². The lowest BCUT2D eigenvalue weighted by Gasteiger charge is -2.22. The number of rotatable bonds is 2. The van der Waals surface area contributed by atoms with Gasteiger partial charge in [0.05, 0.1) is 17.8 Å². The van der Waals surface area contributed by atoms with Crippen LogP contribution in [0.2, 0.25) is 0 Å². The second-order valence-electron chi connectivity index (χ2n) is 8.21. The number of aryl methyl sites for hydroxylation is 2. The summed E-state index contributed by atoms with van der Waals surface area (Å²) < 4.78 is 44.7. The fourth-order valence-electron chi connectivity index (χ4n) is 4.00. The number of nitrogens with zero attached hydrogens (tertiary/aromatic N) is 3. The van der Waals surface area contributed by atoms with Crippen molar-refractivity contribution in [3.05, 3.63) is 65.2 Å². The lowest BCUT2D eigenvalue weighted by Crippen LogP contribution is -2.27. The molecule has 1 N–H and O–H groups in total. The zero-order chi connectivity index (χ0) is 24.1. The number of hydrogen-bond acceptors (Lipinski definition) is 6. The minimum absolute atomic E-state index is 0.0669. The molecule has 0 aliphatic carbocycles. The number of pyridine rings is 2. The van der Waals surface area contributed by atoms with Gasteiger partial charge in [0, 0.05) is 24.1 Å². The quantitative estimate of drug-likeness (QED) is 0.338. The number of halogens is 3. The maximum absolute atomic E-state index is 13.9. The van der Waals surface area contributed by atoms with Crippen LogP contribution < -0.4 is 9.62 Å². The monoisotopic (exact) mass is 486 g/mol. The third kappa shape index (κ3) is 5.70. The van der Waals surface area contributed by atoms with Gasteiger partial charge >= 0.3 is 6.18 Å². The zero-order valence-electron chi connectivity index (χ0n) is 18.7. The maximum Gasteiger partial charge on any atom is 0.418 e. The van der Waals surface area contributed by atoms with Crippen molar-refractivity contribution in [2.45, 2.75) is 43.8 Å². The Hall–Kier alpha value is -3.07. The smallest absolute Gasteiger partial charge is 0.350 e. The van der Waals surface area contributed by atoms with Crippen molar-refractivity contribution in [1.29, 1.82) is 0 Å². The zero-order valence-corrected chi connectivity index (χ0v) is 19.5. The molecule has 0 fully saturated rings. The van der Waals surface area contributed by atoms with Gasteiger partial charge in [-0.05, 0) is 62.1 Å². The van der Waals surface area contributed by atoms with E-state index in [4.69, 9.17) is 0 Å². The van der Waals surface area contributed by atoms with Gasteiger partial charge in [-0.2, -0.15) is 13.2 Å². The molecule has 3 heterocycles. The van der Waals surface area contributed by atoms with Crippen LogP contribution in [-0.4, -0.2) is 29.3 Å². The summed E-state index contributed by atoms with van der Waals surface area (Å²) in [6, 6.07) is 13.5. The number of hydrogen-bond donors (Lipinski definition) is 1. The molecule has 0 amide bonds. The molecule has 0 spiro atoms. The molecule has 0 radical (unpaired) electrons. The highest BCUT2D eigenvalue weighted by atomic mass is 32.2. The van der Waals surface area contributed by atoms with Crippen molar-refractivity contribution in [3.8, 4) is 11.3 Å². The average molecular weight is 487 g/mol. The molecule has 1 aromatic carbocycles. The molecule has 0 saturated heterocycles. The molecule has 4 rings (SSSR count). The predicted molar refractivity (Wildman–Crippen MR) is 129 cm³/mol. The van der Waals surface area contributed by atoms with E-state index in [1.807, 2.05) is 36.1 Å². The van der Waals surface area contributed by atoms with Crippen LogP contribution in [0.15, 0.2) is 53.6 Å². The van der Waals surface area contributed by atoms with Gasteiger partial charge in [0.1, 0.15) is 22.9 Å². The Morgan fingerprint density at radius 1 is 1.09 bits per heavy atom. The minimum Gasteiger partial charge on any atom is -0.350 e. The normalized spacial score (nSPS) is 14.8. The van der Waals surface area contributed by atoms with Gasteiger partial charge in [0.25, 0.3) is 0 Å². The fourth-order valence-corrected chi connectivity index (χ4v) is 4.61. The second-order valence-corrected chi connectivity index (χ2v) is 9.04. The Morgan fingerprint density at radius 2 is 1.94 bits per heavy atom. The van der Waals surface area contributed by atoms with Crippen LogP contribution in [0, 0.1) is 6.92 Å². The topological polar surface area (TPSA) is 58.1 Å². The molecule has 1 aliphatic heterocycles. The van der Waals surface area contributed by atoms with Gasteiger partial charge in [-0.3, -0.25) is 0 Å². The highest BCUT2D eigenvalue weighted by Crippen LogP contribution is 2.39. The number of carbonyl (C=O) groups is 1. The number of aldehydes is 1. The molecule has 4 bridgehead atoms. The molecular formula is C25H25F3N4OS. The molecule has 5 nitrogen and oxygen atoms in total. The minimum atomic E-state index is -4.52. The summed E-state index contributed by atoms with van der Waals surface area (Å²) >= 11 is 1.17. The first-order chi connectivity index (χ1) is 16.3. The summed E-state index contributed by atoms with van der Waals surface area (Å²) in [4.78, 5) is 22.2. The van der Waals surface area contributed by atoms with E-state index in [-0.39, 0.29) is 12.2 Å². The highest BCUT2D eigenvalue weighted by molar-refractivity contribution is 8.00. The van der Waals surface area contributed by atoms with Crippen molar-refractivity contribution in [2.75, 3.05) is 22.7 Å². The van der Waals surface area contributed by atoms with E-state index in [2.05, 4.69) is 14.7 Å². The van der Waals surface area contributed by atoms with Gasteiger partial charge in [-0.1, -0.05) is 30.2 Å². The molecule has 3 aromatic rings. The Labute approximate surface area is 200 Å². The number of fused-ring (bicyclic) bond motifs is 6. The molecule has 9 heteroatoms. The number of alkyl halides is 3. The number of carbonyl (C=O) groups excluding carboxylic acids is 1. The molecule has 2 aromatic heterocycles. The number of nitrogens with one attached hydrogen (secondary N) is 1. The number of benzene rings is 1. The Bertz CT molecular complexity index is 1170. The SMILES string of the molecule is Cc1ccc2c(c1)-c1nc(ccc1C(F)(F)F)NSc1cccc(n1)N(CC=O)CCCCC2.